The van der Waals surface area contributed by atoms with Gasteiger partial charge >= 0.3 is 0 Å². The highest BCUT2D eigenvalue weighted by Crippen LogP contribution is 2.32. The van der Waals surface area contributed by atoms with Gasteiger partial charge in [-0.05, 0) is 26.9 Å². The van der Waals surface area contributed by atoms with Crippen molar-refractivity contribution in [3.05, 3.63) is 17.3 Å². The van der Waals surface area contributed by atoms with Crippen LogP contribution in [0.25, 0.3) is 10.3 Å². The highest BCUT2D eigenvalue weighted by Gasteiger charge is 2.28. The fraction of sp³-hybridized carbons (Fsp3) is 0.500. The third-order valence-corrected chi connectivity index (χ3v) is 5.06. The van der Waals surface area contributed by atoms with Gasteiger partial charge in [0, 0.05) is 31.5 Å². The first-order valence-electron chi connectivity index (χ1n) is 7.02. The molecule has 1 unspecified atom stereocenters. The molecule has 6 nitrogen and oxygen atoms in total. The van der Waals surface area contributed by atoms with Crippen LogP contribution in [0.1, 0.15) is 22.5 Å². The van der Waals surface area contributed by atoms with Crippen LogP contribution in [0.5, 0.6) is 0 Å². The van der Waals surface area contributed by atoms with Crippen LogP contribution in [-0.2, 0) is 0 Å². The van der Waals surface area contributed by atoms with Crippen LogP contribution in [-0.4, -0.2) is 58.9 Å². The van der Waals surface area contributed by atoms with Crippen molar-refractivity contribution in [1.29, 1.82) is 0 Å². The number of rotatable bonds is 2. The molecule has 1 atom stereocenters. The number of fused-ring (bicyclic) bond motifs is 1. The first-order chi connectivity index (χ1) is 10.1. The molecule has 0 radical (unpaired) electrons. The van der Waals surface area contributed by atoms with Gasteiger partial charge in [0.1, 0.15) is 15.2 Å². The van der Waals surface area contributed by atoms with E-state index in [9.17, 15) is 4.79 Å². The van der Waals surface area contributed by atoms with Gasteiger partial charge in [-0.15, -0.1) is 11.3 Å². The molecule has 1 aliphatic heterocycles. The van der Waals surface area contributed by atoms with Crippen LogP contribution < -0.4 is 5.73 Å². The number of nitrogens with two attached hydrogens (primary N) is 1. The molecular formula is C14H19N5OS. The summed E-state index contributed by atoms with van der Waals surface area (Å²) >= 11 is 1.33. The van der Waals surface area contributed by atoms with Crippen LogP contribution in [0.4, 0.5) is 5.69 Å². The summed E-state index contributed by atoms with van der Waals surface area (Å²) in [6.07, 6.45) is 5.37. The molecule has 1 amide bonds. The molecule has 1 fully saturated rings. The minimum absolute atomic E-state index is 0.00356. The van der Waals surface area contributed by atoms with E-state index in [1.165, 1.54) is 11.3 Å². The summed E-state index contributed by atoms with van der Waals surface area (Å²) in [5.41, 5.74) is 7.18. The number of likely N-dealkylation sites (tertiary alicyclic amines) is 1. The topological polar surface area (TPSA) is 75.3 Å². The lowest BCUT2D eigenvalue weighted by Crippen LogP contribution is -2.47. The highest BCUT2D eigenvalue weighted by molar-refractivity contribution is 7.21. The van der Waals surface area contributed by atoms with Crippen LogP contribution in [0.3, 0.4) is 0 Å². The zero-order valence-corrected chi connectivity index (χ0v) is 13.1. The molecule has 2 aromatic rings. The Kier molecular flexibility index (Phi) is 3.77. The number of carbonyl (C=O) groups excluding carboxylic acids is 1. The molecule has 112 valence electrons. The molecule has 3 rings (SSSR count). The molecule has 7 heteroatoms. The van der Waals surface area contributed by atoms with Crippen molar-refractivity contribution in [3.63, 3.8) is 0 Å². The Morgan fingerprint density at radius 2 is 2.19 bits per heavy atom. The van der Waals surface area contributed by atoms with Gasteiger partial charge in [0.2, 0.25) is 0 Å². The van der Waals surface area contributed by atoms with E-state index in [0.29, 0.717) is 22.1 Å². The fourth-order valence-corrected chi connectivity index (χ4v) is 3.70. The largest absolute Gasteiger partial charge is 0.396 e. The van der Waals surface area contributed by atoms with Crippen molar-refractivity contribution < 1.29 is 4.79 Å². The minimum Gasteiger partial charge on any atom is -0.396 e. The number of thiophene rings is 1. The molecule has 1 aliphatic rings. The molecule has 0 bridgehead atoms. The van der Waals surface area contributed by atoms with Gasteiger partial charge in [-0.2, -0.15) is 0 Å². The lowest BCUT2D eigenvalue weighted by atomic mass is 10.0. The highest BCUT2D eigenvalue weighted by atomic mass is 32.1. The number of amides is 1. The number of hydrogen-bond acceptors (Lipinski definition) is 6. The van der Waals surface area contributed by atoms with E-state index in [1.54, 1.807) is 12.4 Å². The minimum atomic E-state index is 0.00356. The Hall–Kier alpha value is -1.73. The molecule has 0 aliphatic carbocycles. The maximum absolute atomic E-state index is 12.7. The summed E-state index contributed by atoms with van der Waals surface area (Å²) in [5, 5.41) is 0. The SMILES string of the molecule is CN(C)C1CCCN(C(=O)c2sc3nccnc3c2N)C1. The van der Waals surface area contributed by atoms with E-state index in [2.05, 4.69) is 29.0 Å². The average molecular weight is 305 g/mol. The molecule has 0 aromatic carbocycles. The number of likely N-dealkylation sites (N-methyl/N-ethyl adjacent to an activating group) is 1. The van der Waals surface area contributed by atoms with E-state index in [0.717, 1.165) is 30.8 Å². The van der Waals surface area contributed by atoms with Gasteiger partial charge < -0.3 is 15.5 Å². The number of piperidine rings is 1. The summed E-state index contributed by atoms with van der Waals surface area (Å²) in [4.78, 5) is 26.5. The van der Waals surface area contributed by atoms with E-state index < -0.39 is 0 Å². The third-order valence-electron chi connectivity index (χ3n) is 3.97. The van der Waals surface area contributed by atoms with Gasteiger partial charge in [0.15, 0.2) is 0 Å². The summed E-state index contributed by atoms with van der Waals surface area (Å²) in [6.45, 7) is 1.54. The lowest BCUT2D eigenvalue weighted by molar-refractivity contribution is 0.0641. The molecule has 1 saturated heterocycles. The number of nitrogens with zero attached hydrogens (tertiary/aromatic N) is 4. The molecule has 3 heterocycles. The first kappa shape index (κ1) is 14.2. The number of hydrogen-bond donors (Lipinski definition) is 1. The summed E-state index contributed by atoms with van der Waals surface area (Å²) in [7, 11) is 4.11. The van der Waals surface area contributed by atoms with Crippen molar-refractivity contribution in [3.8, 4) is 0 Å². The van der Waals surface area contributed by atoms with E-state index in [1.807, 2.05) is 4.90 Å². The van der Waals surface area contributed by atoms with Gasteiger partial charge in [0.05, 0.1) is 5.69 Å². The standard InChI is InChI=1S/C14H19N5OS/c1-18(2)9-4-3-7-19(8-9)14(20)12-10(15)11-13(21-12)17-6-5-16-11/h5-6,9H,3-4,7-8,15H2,1-2H3. The maximum Gasteiger partial charge on any atom is 0.266 e. The Balaban J connectivity index is 1.88. The van der Waals surface area contributed by atoms with E-state index >= 15 is 0 Å². The van der Waals surface area contributed by atoms with Crippen LogP contribution in [0.15, 0.2) is 12.4 Å². The molecule has 2 aromatic heterocycles. The number of nitrogen functional groups attached to an aromatic ring is 1. The normalized spacial score (nSPS) is 19.4. The number of anilines is 1. The monoisotopic (exact) mass is 305 g/mol. The lowest BCUT2D eigenvalue weighted by Gasteiger charge is -2.36. The van der Waals surface area contributed by atoms with Crippen molar-refractivity contribution in [2.45, 2.75) is 18.9 Å². The summed E-state index contributed by atoms with van der Waals surface area (Å²) in [5.74, 6) is 0.00356. The molecule has 21 heavy (non-hydrogen) atoms. The number of carbonyl (C=O) groups is 1. The second kappa shape index (κ2) is 5.57. The van der Waals surface area contributed by atoms with Gasteiger partial charge in [-0.25, -0.2) is 9.97 Å². The van der Waals surface area contributed by atoms with Crippen molar-refractivity contribution in [2.24, 2.45) is 0 Å². The predicted molar refractivity (Wildman–Crippen MR) is 84.4 cm³/mol. The zero-order valence-electron chi connectivity index (χ0n) is 12.2. The van der Waals surface area contributed by atoms with Crippen molar-refractivity contribution >= 4 is 33.3 Å². The Morgan fingerprint density at radius 1 is 1.43 bits per heavy atom. The first-order valence-corrected chi connectivity index (χ1v) is 7.84. The molecule has 0 saturated carbocycles. The fourth-order valence-electron chi connectivity index (χ4n) is 2.71. The third kappa shape index (κ3) is 2.58. The zero-order chi connectivity index (χ0) is 15.0. The van der Waals surface area contributed by atoms with E-state index in [-0.39, 0.29) is 5.91 Å². The average Bonchev–Trinajstić information content (AvgIpc) is 2.84. The quantitative estimate of drug-likeness (QED) is 0.908. The molecule has 0 spiro atoms. The van der Waals surface area contributed by atoms with E-state index in [4.69, 9.17) is 5.73 Å². The van der Waals surface area contributed by atoms with Gasteiger partial charge in [-0.1, -0.05) is 0 Å². The van der Waals surface area contributed by atoms with Crippen LogP contribution in [0, 0.1) is 0 Å². The number of aromatic nitrogens is 2. The second-order valence-corrected chi connectivity index (χ2v) is 6.56. The molecule has 2 N–H and O–H groups in total. The Morgan fingerprint density at radius 3 is 2.90 bits per heavy atom. The smallest absolute Gasteiger partial charge is 0.266 e. The van der Waals surface area contributed by atoms with Gasteiger partial charge in [-0.3, -0.25) is 4.79 Å². The Bertz CT molecular complexity index is 668. The van der Waals surface area contributed by atoms with Crippen LogP contribution in [0.2, 0.25) is 0 Å². The second-order valence-electron chi connectivity index (χ2n) is 5.57. The summed E-state index contributed by atoms with van der Waals surface area (Å²) < 4.78 is 0. The van der Waals surface area contributed by atoms with Crippen molar-refractivity contribution in [2.75, 3.05) is 32.9 Å². The van der Waals surface area contributed by atoms with Crippen LogP contribution >= 0.6 is 11.3 Å². The predicted octanol–water partition coefficient (Wildman–Crippen LogP) is 1.44. The summed E-state index contributed by atoms with van der Waals surface area (Å²) in [6, 6.07) is 0.412. The molecular weight excluding hydrogens is 286 g/mol. The maximum atomic E-state index is 12.7. The van der Waals surface area contributed by atoms with Gasteiger partial charge in [0.25, 0.3) is 5.91 Å². The van der Waals surface area contributed by atoms with Crippen molar-refractivity contribution in [1.82, 2.24) is 19.8 Å². The Labute approximate surface area is 127 Å².